The number of carbonyl (C=O) groups excluding carboxylic acids is 1. The number of piperazine rings is 1. The molecule has 5 nitrogen and oxygen atoms in total. The van der Waals surface area contributed by atoms with Crippen LogP contribution in [0, 0.1) is 5.92 Å². The Balaban J connectivity index is 1.48. The molecule has 0 unspecified atom stereocenters. The molecule has 0 atom stereocenters. The van der Waals surface area contributed by atoms with Gasteiger partial charge in [-0.2, -0.15) is 0 Å². The molecule has 1 fully saturated rings. The third kappa shape index (κ3) is 5.92. The first-order chi connectivity index (χ1) is 13.6. The van der Waals surface area contributed by atoms with E-state index in [9.17, 15) is 4.79 Å². The average molecular weight is 379 g/mol. The van der Waals surface area contributed by atoms with Crippen LogP contribution in [0.1, 0.15) is 29.9 Å². The van der Waals surface area contributed by atoms with Gasteiger partial charge in [-0.3, -0.25) is 14.7 Å². The van der Waals surface area contributed by atoms with Crippen LogP contribution >= 0.6 is 0 Å². The number of aromatic nitrogens is 1. The van der Waals surface area contributed by atoms with E-state index in [2.05, 4.69) is 53.3 Å². The molecule has 2 heterocycles. The Kier molecular flexibility index (Phi) is 7.20. The standard InChI is InChI=1S/C23H30N4O/c1-19(2)18-25-21-10-11-24-22(17-21)23(28)27-15-13-26(14-16-27)12-6-9-20-7-4-3-5-8-20/h3-11,17,19H,12-16,18H2,1-2H3,(H,24,25)/b9-6+. The maximum absolute atomic E-state index is 12.8. The van der Waals surface area contributed by atoms with Gasteiger partial charge in [-0.05, 0) is 23.6 Å². The van der Waals surface area contributed by atoms with Gasteiger partial charge in [-0.25, -0.2) is 0 Å². The van der Waals surface area contributed by atoms with E-state index in [1.807, 2.05) is 35.2 Å². The predicted octanol–water partition coefficient (Wildman–Crippen LogP) is 3.62. The third-order valence-corrected chi connectivity index (χ3v) is 4.83. The van der Waals surface area contributed by atoms with E-state index in [1.165, 1.54) is 5.56 Å². The fraction of sp³-hybridized carbons (Fsp3) is 0.391. The fourth-order valence-corrected chi connectivity index (χ4v) is 3.18. The molecule has 1 aliphatic rings. The monoisotopic (exact) mass is 378 g/mol. The van der Waals surface area contributed by atoms with Crippen LogP contribution in [0.15, 0.2) is 54.7 Å². The van der Waals surface area contributed by atoms with Crippen molar-refractivity contribution in [1.29, 1.82) is 0 Å². The molecular weight excluding hydrogens is 348 g/mol. The van der Waals surface area contributed by atoms with Gasteiger partial charge in [0.1, 0.15) is 5.69 Å². The lowest BCUT2D eigenvalue weighted by atomic mass is 10.2. The van der Waals surface area contributed by atoms with Crippen molar-refractivity contribution < 1.29 is 4.79 Å². The summed E-state index contributed by atoms with van der Waals surface area (Å²) < 4.78 is 0. The molecule has 0 bridgehead atoms. The van der Waals surface area contributed by atoms with Crippen molar-refractivity contribution in [3.8, 4) is 0 Å². The van der Waals surface area contributed by atoms with Crippen LogP contribution in [0.2, 0.25) is 0 Å². The smallest absolute Gasteiger partial charge is 0.272 e. The summed E-state index contributed by atoms with van der Waals surface area (Å²) in [6.45, 7) is 9.36. The summed E-state index contributed by atoms with van der Waals surface area (Å²) in [5.41, 5.74) is 2.69. The second kappa shape index (κ2) is 10.0. The van der Waals surface area contributed by atoms with Gasteiger partial charge in [0.05, 0.1) is 0 Å². The summed E-state index contributed by atoms with van der Waals surface area (Å²) >= 11 is 0. The van der Waals surface area contributed by atoms with Gasteiger partial charge in [0.25, 0.3) is 5.91 Å². The lowest BCUT2D eigenvalue weighted by Crippen LogP contribution is -2.48. The van der Waals surface area contributed by atoms with E-state index in [0.29, 0.717) is 11.6 Å². The molecule has 1 N–H and O–H groups in total. The maximum atomic E-state index is 12.8. The van der Waals surface area contributed by atoms with Gasteiger partial charge in [0, 0.05) is 51.2 Å². The summed E-state index contributed by atoms with van der Waals surface area (Å²) in [7, 11) is 0. The fourth-order valence-electron chi connectivity index (χ4n) is 3.18. The Morgan fingerprint density at radius 2 is 1.89 bits per heavy atom. The van der Waals surface area contributed by atoms with E-state index in [-0.39, 0.29) is 5.91 Å². The van der Waals surface area contributed by atoms with Crippen LogP contribution in [0.25, 0.3) is 6.08 Å². The minimum Gasteiger partial charge on any atom is -0.385 e. The highest BCUT2D eigenvalue weighted by Gasteiger charge is 2.22. The highest BCUT2D eigenvalue weighted by Crippen LogP contribution is 2.13. The highest BCUT2D eigenvalue weighted by molar-refractivity contribution is 5.93. The van der Waals surface area contributed by atoms with Crippen molar-refractivity contribution in [2.75, 3.05) is 44.6 Å². The minimum atomic E-state index is 0.0210. The van der Waals surface area contributed by atoms with Gasteiger partial charge in [0.2, 0.25) is 0 Å². The molecule has 28 heavy (non-hydrogen) atoms. The summed E-state index contributed by atoms with van der Waals surface area (Å²) in [4.78, 5) is 21.4. The molecule has 1 saturated heterocycles. The summed E-state index contributed by atoms with van der Waals surface area (Å²) in [6, 6.07) is 14.1. The maximum Gasteiger partial charge on any atom is 0.272 e. The number of anilines is 1. The molecule has 1 aromatic heterocycles. The molecule has 148 valence electrons. The van der Waals surface area contributed by atoms with E-state index in [4.69, 9.17) is 0 Å². The SMILES string of the molecule is CC(C)CNc1ccnc(C(=O)N2CCN(C/C=C/c3ccccc3)CC2)c1. The average Bonchev–Trinajstić information content (AvgIpc) is 2.73. The molecule has 1 aliphatic heterocycles. The summed E-state index contributed by atoms with van der Waals surface area (Å²) in [5, 5.41) is 3.36. The zero-order valence-corrected chi connectivity index (χ0v) is 16.8. The van der Waals surface area contributed by atoms with Crippen LogP contribution < -0.4 is 5.32 Å². The van der Waals surface area contributed by atoms with Gasteiger partial charge in [0.15, 0.2) is 0 Å². The number of nitrogens with zero attached hydrogens (tertiary/aromatic N) is 3. The second-order valence-corrected chi connectivity index (χ2v) is 7.61. The number of nitrogens with one attached hydrogen (secondary N) is 1. The Labute approximate surface area is 168 Å². The molecule has 0 aliphatic carbocycles. The number of amides is 1. The zero-order valence-electron chi connectivity index (χ0n) is 16.8. The third-order valence-electron chi connectivity index (χ3n) is 4.83. The van der Waals surface area contributed by atoms with Crippen LogP contribution in [-0.4, -0.2) is 60.0 Å². The number of rotatable bonds is 7. The van der Waals surface area contributed by atoms with Crippen molar-refractivity contribution in [2.24, 2.45) is 5.92 Å². The predicted molar refractivity (Wildman–Crippen MR) is 115 cm³/mol. The van der Waals surface area contributed by atoms with E-state index >= 15 is 0 Å². The van der Waals surface area contributed by atoms with Crippen LogP contribution in [0.5, 0.6) is 0 Å². The Morgan fingerprint density at radius 1 is 1.14 bits per heavy atom. The van der Waals surface area contributed by atoms with Crippen LogP contribution in [-0.2, 0) is 0 Å². The molecule has 0 spiro atoms. The Hall–Kier alpha value is -2.66. The van der Waals surface area contributed by atoms with E-state index in [0.717, 1.165) is 45.0 Å². The summed E-state index contributed by atoms with van der Waals surface area (Å²) in [6.07, 6.45) is 6.05. The van der Waals surface area contributed by atoms with Crippen LogP contribution in [0.3, 0.4) is 0 Å². The molecule has 1 amide bonds. The number of pyridine rings is 1. The zero-order chi connectivity index (χ0) is 19.8. The Morgan fingerprint density at radius 3 is 2.61 bits per heavy atom. The Bertz CT molecular complexity index is 780. The molecule has 0 radical (unpaired) electrons. The van der Waals surface area contributed by atoms with Gasteiger partial charge >= 0.3 is 0 Å². The summed E-state index contributed by atoms with van der Waals surface area (Å²) in [5.74, 6) is 0.573. The largest absolute Gasteiger partial charge is 0.385 e. The normalized spacial score (nSPS) is 15.3. The van der Waals surface area contributed by atoms with Crippen LogP contribution in [0.4, 0.5) is 5.69 Å². The molecule has 5 heteroatoms. The number of carbonyl (C=O) groups is 1. The van der Waals surface area contributed by atoms with Gasteiger partial charge in [-0.1, -0.05) is 56.3 Å². The van der Waals surface area contributed by atoms with E-state index < -0.39 is 0 Å². The quantitative estimate of drug-likeness (QED) is 0.799. The molecule has 0 saturated carbocycles. The van der Waals surface area contributed by atoms with Crippen molar-refractivity contribution in [2.45, 2.75) is 13.8 Å². The van der Waals surface area contributed by atoms with Crippen molar-refractivity contribution in [3.05, 3.63) is 66.0 Å². The molecule has 3 rings (SSSR count). The molecule has 1 aromatic carbocycles. The highest BCUT2D eigenvalue weighted by atomic mass is 16.2. The first-order valence-corrected chi connectivity index (χ1v) is 10.0. The van der Waals surface area contributed by atoms with Crippen molar-refractivity contribution >= 4 is 17.7 Å². The second-order valence-electron chi connectivity index (χ2n) is 7.61. The minimum absolute atomic E-state index is 0.0210. The number of hydrogen-bond acceptors (Lipinski definition) is 4. The van der Waals surface area contributed by atoms with Gasteiger partial charge in [-0.15, -0.1) is 0 Å². The first-order valence-electron chi connectivity index (χ1n) is 10.0. The first kappa shape index (κ1) is 20.1. The lowest BCUT2D eigenvalue weighted by Gasteiger charge is -2.34. The van der Waals surface area contributed by atoms with E-state index in [1.54, 1.807) is 6.20 Å². The number of hydrogen-bond donors (Lipinski definition) is 1. The van der Waals surface area contributed by atoms with Crippen molar-refractivity contribution in [1.82, 2.24) is 14.8 Å². The van der Waals surface area contributed by atoms with Gasteiger partial charge < -0.3 is 10.2 Å². The van der Waals surface area contributed by atoms with Crippen molar-refractivity contribution in [3.63, 3.8) is 0 Å². The topological polar surface area (TPSA) is 48.5 Å². The number of benzene rings is 1. The molecular formula is C23H30N4O. The lowest BCUT2D eigenvalue weighted by molar-refractivity contribution is 0.0644. The molecule has 2 aromatic rings.